The van der Waals surface area contributed by atoms with E-state index in [0.29, 0.717) is 18.8 Å². The SMILES string of the molecule is CNCC1CCN(C(=O)CCCOc2ccc(F)cc2F)C1. The van der Waals surface area contributed by atoms with E-state index in [4.69, 9.17) is 4.74 Å². The maximum Gasteiger partial charge on any atom is 0.222 e. The zero-order valence-corrected chi connectivity index (χ0v) is 12.8. The van der Waals surface area contributed by atoms with Gasteiger partial charge in [0.05, 0.1) is 6.61 Å². The number of benzene rings is 1. The molecule has 122 valence electrons. The molecule has 1 fully saturated rings. The number of nitrogens with zero attached hydrogens (tertiary/aromatic N) is 1. The summed E-state index contributed by atoms with van der Waals surface area (Å²) in [5, 5.41) is 3.13. The Hall–Kier alpha value is -1.69. The van der Waals surface area contributed by atoms with Gasteiger partial charge in [-0.25, -0.2) is 8.78 Å². The Morgan fingerprint density at radius 3 is 3.00 bits per heavy atom. The predicted octanol–water partition coefficient (Wildman–Crippen LogP) is 2.19. The van der Waals surface area contributed by atoms with Crippen molar-refractivity contribution < 1.29 is 18.3 Å². The minimum atomic E-state index is -0.722. The van der Waals surface area contributed by atoms with Crippen LogP contribution in [0.4, 0.5) is 8.78 Å². The standard InChI is InChI=1S/C16H22F2N2O2/c1-19-10-12-6-7-20(11-12)16(21)3-2-8-22-15-5-4-13(17)9-14(15)18/h4-5,9,12,19H,2-3,6-8,10-11H2,1H3. The van der Waals surface area contributed by atoms with Crippen molar-refractivity contribution in [3.05, 3.63) is 29.8 Å². The van der Waals surface area contributed by atoms with Gasteiger partial charge in [-0.1, -0.05) is 0 Å². The van der Waals surface area contributed by atoms with Crippen LogP contribution in [0.2, 0.25) is 0 Å². The first-order valence-corrected chi connectivity index (χ1v) is 7.60. The van der Waals surface area contributed by atoms with Gasteiger partial charge in [-0.15, -0.1) is 0 Å². The van der Waals surface area contributed by atoms with Crippen LogP contribution in [0.3, 0.4) is 0 Å². The van der Waals surface area contributed by atoms with Crippen LogP contribution in [0.25, 0.3) is 0 Å². The van der Waals surface area contributed by atoms with Gasteiger partial charge >= 0.3 is 0 Å². The van der Waals surface area contributed by atoms with Gasteiger partial charge in [0.25, 0.3) is 0 Å². The van der Waals surface area contributed by atoms with Crippen LogP contribution in [-0.2, 0) is 4.79 Å². The van der Waals surface area contributed by atoms with Gasteiger partial charge in [-0.2, -0.15) is 0 Å². The van der Waals surface area contributed by atoms with Crippen LogP contribution < -0.4 is 10.1 Å². The number of ether oxygens (including phenoxy) is 1. The molecule has 1 unspecified atom stereocenters. The van der Waals surface area contributed by atoms with E-state index >= 15 is 0 Å². The summed E-state index contributed by atoms with van der Waals surface area (Å²) < 4.78 is 31.3. The van der Waals surface area contributed by atoms with Crippen LogP contribution in [0.5, 0.6) is 5.75 Å². The molecule has 0 aliphatic carbocycles. The van der Waals surface area contributed by atoms with E-state index < -0.39 is 11.6 Å². The number of hydrogen-bond donors (Lipinski definition) is 1. The van der Waals surface area contributed by atoms with Crippen molar-refractivity contribution in [2.24, 2.45) is 5.92 Å². The molecule has 1 aromatic carbocycles. The third-order valence-corrected chi connectivity index (χ3v) is 3.82. The van der Waals surface area contributed by atoms with Gasteiger partial charge in [-0.3, -0.25) is 4.79 Å². The van der Waals surface area contributed by atoms with Gasteiger partial charge in [0.2, 0.25) is 5.91 Å². The molecule has 0 aromatic heterocycles. The van der Waals surface area contributed by atoms with Crippen molar-refractivity contribution in [2.45, 2.75) is 19.3 Å². The molecule has 0 radical (unpaired) electrons. The molecule has 1 N–H and O–H groups in total. The molecule has 1 aromatic rings. The molecule has 1 atom stereocenters. The lowest BCUT2D eigenvalue weighted by molar-refractivity contribution is -0.130. The average molecular weight is 312 g/mol. The minimum Gasteiger partial charge on any atom is -0.491 e. The van der Waals surface area contributed by atoms with E-state index in [-0.39, 0.29) is 18.3 Å². The van der Waals surface area contributed by atoms with Gasteiger partial charge in [0.1, 0.15) is 5.82 Å². The lowest BCUT2D eigenvalue weighted by Gasteiger charge is -2.16. The summed E-state index contributed by atoms with van der Waals surface area (Å²) in [6.07, 6.45) is 1.93. The summed E-state index contributed by atoms with van der Waals surface area (Å²) in [6.45, 7) is 2.77. The van der Waals surface area contributed by atoms with Gasteiger partial charge in [0, 0.05) is 25.6 Å². The summed E-state index contributed by atoms with van der Waals surface area (Å²) in [5.41, 5.74) is 0. The summed E-state index contributed by atoms with van der Waals surface area (Å²) in [7, 11) is 1.91. The van der Waals surface area contributed by atoms with Crippen LogP contribution in [0.1, 0.15) is 19.3 Å². The number of likely N-dealkylation sites (tertiary alicyclic amines) is 1. The molecule has 6 heteroatoms. The zero-order chi connectivity index (χ0) is 15.9. The second-order valence-corrected chi connectivity index (χ2v) is 5.58. The number of rotatable bonds is 7. The highest BCUT2D eigenvalue weighted by atomic mass is 19.1. The molecule has 1 amide bonds. The predicted molar refractivity (Wildman–Crippen MR) is 79.7 cm³/mol. The molecule has 0 spiro atoms. The molecule has 0 bridgehead atoms. The van der Waals surface area contributed by atoms with E-state index in [1.807, 2.05) is 11.9 Å². The van der Waals surface area contributed by atoms with Crippen molar-refractivity contribution in [3.8, 4) is 5.75 Å². The smallest absolute Gasteiger partial charge is 0.222 e. The van der Waals surface area contributed by atoms with Crippen molar-refractivity contribution in [1.29, 1.82) is 0 Å². The molecule has 22 heavy (non-hydrogen) atoms. The summed E-state index contributed by atoms with van der Waals surface area (Å²) in [6, 6.07) is 3.19. The number of halogens is 2. The molecule has 1 aliphatic rings. The fraction of sp³-hybridized carbons (Fsp3) is 0.562. The molecular formula is C16H22F2N2O2. The van der Waals surface area contributed by atoms with E-state index in [0.717, 1.165) is 38.2 Å². The molecule has 1 aliphatic heterocycles. The summed E-state index contributed by atoms with van der Waals surface area (Å²) in [5.74, 6) is -0.699. The number of amides is 1. The molecule has 1 saturated heterocycles. The van der Waals surface area contributed by atoms with Crippen molar-refractivity contribution >= 4 is 5.91 Å². The number of nitrogens with one attached hydrogen (secondary N) is 1. The second kappa shape index (κ2) is 8.08. The Bertz CT molecular complexity index is 511. The second-order valence-electron chi connectivity index (χ2n) is 5.58. The first-order chi connectivity index (χ1) is 10.6. The van der Waals surface area contributed by atoms with Crippen LogP contribution in [-0.4, -0.2) is 44.1 Å². The normalized spacial score (nSPS) is 17.8. The van der Waals surface area contributed by atoms with Crippen molar-refractivity contribution in [1.82, 2.24) is 10.2 Å². The Labute approximate surface area is 129 Å². The Morgan fingerprint density at radius 2 is 2.27 bits per heavy atom. The third-order valence-electron chi connectivity index (χ3n) is 3.82. The third kappa shape index (κ3) is 4.66. The van der Waals surface area contributed by atoms with Gasteiger partial charge in [0.15, 0.2) is 11.6 Å². The largest absolute Gasteiger partial charge is 0.491 e. The number of hydrogen-bond acceptors (Lipinski definition) is 3. The fourth-order valence-electron chi connectivity index (χ4n) is 2.67. The van der Waals surface area contributed by atoms with Crippen LogP contribution >= 0.6 is 0 Å². The van der Waals surface area contributed by atoms with Gasteiger partial charge < -0.3 is 15.0 Å². The van der Waals surface area contributed by atoms with Crippen molar-refractivity contribution in [2.75, 3.05) is 33.3 Å². The van der Waals surface area contributed by atoms with Crippen molar-refractivity contribution in [3.63, 3.8) is 0 Å². The Kier molecular flexibility index (Phi) is 6.12. The van der Waals surface area contributed by atoms with E-state index in [2.05, 4.69) is 5.32 Å². The fourth-order valence-corrected chi connectivity index (χ4v) is 2.67. The van der Waals surface area contributed by atoms with Gasteiger partial charge in [-0.05, 0) is 44.5 Å². The maximum absolute atomic E-state index is 13.4. The number of carbonyl (C=O) groups excluding carboxylic acids is 1. The monoisotopic (exact) mass is 312 g/mol. The molecule has 1 heterocycles. The minimum absolute atomic E-state index is 0.0177. The Balaban J connectivity index is 1.67. The van der Waals surface area contributed by atoms with Crippen LogP contribution in [0.15, 0.2) is 18.2 Å². The summed E-state index contributed by atoms with van der Waals surface area (Å²) in [4.78, 5) is 13.9. The quantitative estimate of drug-likeness (QED) is 0.785. The van der Waals surface area contributed by atoms with Crippen LogP contribution in [0, 0.1) is 17.6 Å². The molecule has 2 rings (SSSR count). The molecule has 0 saturated carbocycles. The topological polar surface area (TPSA) is 41.6 Å². The zero-order valence-electron chi connectivity index (χ0n) is 12.8. The highest BCUT2D eigenvalue weighted by Crippen LogP contribution is 2.19. The summed E-state index contributed by atoms with van der Waals surface area (Å²) >= 11 is 0. The highest BCUT2D eigenvalue weighted by molar-refractivity contribution is 5.76. The lowest BCUT2D eigenvalue weighted by Crippen LogP contribution is -2.30. The first kappa shape index (κ1) is 16.7. The number of carbonyl (C=O) groups is 1. The molecule has 4 nitrogen and oxygen atoms in total. The molecular weight excluding hydrogens is 290 g/mol. The maximum atomic E-state index is 13.4. The Morgan fingerprint density at radius 1 is 1.45 bits per heavy atom. The first-order valence-electron chi connectivity index (χ1n) is 7.60. The lowest BCUT2D eigenvalue weighted by atomic mass is 10.1. The van der Waals surface area contributed by atoms with E-state index in [9.17, 15) is 13.6 Å². The average Bonchev–Trinajstić information content (AvgIpc) is 2.94. The highest BCUT2D eigenvalue weighted by Gasteiger charge is 2.25. The van der Waals surface area contributed by atoms with E-state index in [1.54, 1.807) is 0 Å². The van der Waals surface area contributed by atoms with E-state index in [1.165, 1.54) is 6.07 Å².